The van der Waals surface area contributed by atoms with Crippen LogP contribution in [0, 0.1) is 5.92 Å². The fraction of sp³-hybridized carbons (Fsp3) is 0.636. The monoisotopic (exact) mass is 286 g/mol. The third-order valence-electron chi connectivity index (χ3n) is 2.92. The minimum atomic E-state index is 0.427. The average Bonchev–Trinajstić information content (AvgIpc) is 2.27. The van der Waals surface area contributed by atoms with Gasteiger partial charge in [0.05, 0.1) is 0 Å². The Morgan fingerprint density at radius 1 is 1.31 bits per heavy atom. The van der Waals surface area contributed by atoms with E-state index in [4.69, 9.17) is 0 Å². The maximum atomic E-state index is 4.32. The standard InChI is InChI=1S/C11H19BrN4/c1-7(2)8(3)16(5)11-9(12)10(13-4)14-6-15-11/h6-8H,1-5H3,(H,13,14,15). The van der Waals surface area contributed by atoms with Crippen LogP contribution in [0.25, 0.3) is 0 Å². The van der Waals surface area contributed by atoms with Gasteiger partial charge in [0.2, 0.25) is 0 Å². The summed E-state index contributed by atoms with van der Waals surface area (Å²) in [6, 6.07) is 0.427. The lowest BCUT2D eigenvalue weighted by atomic mass is 10.1. The predicted octanol–water partition coefficient (Wildman–Crippen LogP) is 2.76. The Bertz CT molecular complexity index is 354. The van der Waals surface area contributed by atoms with E-state index < -0.39 is 0 Å². The number of rotatable bonds is 4. The van der Waals surface area contributed by atoms with E-state index in [-0.39, 0.29) is 0 Å². The predicted molar refractivity (Wildman–Crippen MR) is 72.0 cm³/mol. The lowest BCUT2D eigenvalue weighted by Gasteiger charge is -2.29. The molecule has 1 atom stereocenters. The van der Waals surface area contributed by atoms with Crippen molar-refractivity contribution in [2.75, 3.05) is 24.3 Å². The number of anilines is 2. The van der Waals surface area contributed by atoms with Crippen LogP contribution in [-0.4, -0.2) is 30.1 Å². The first-order valence-electron chi connectivity index (χ1n) is 5.40. The number of aromatic nitrogens is 2. The van der Waals surface area contributed by atoms with Crippen molar-refractivity contribution in [3.05, 3.63) is 10.8 Å². The molecular formula is C11H19BrN4. The highest BCUT2D eigenvalue weighted by Crippen LogP contribution is 2.30. The van der Waals surface area contributed by atoms with Crippen molar-refractivity contribution in [3.63, 3.8) is 0 Å². The molecular weight excluding hydrogens is 268 g/mol. The lowest BCUT2D eigenvalue weighted by molar-refractivity contribution is 0.502. The van der Waals surface area contributed by atoms with Gasteiger partial charge in [-0.3, -0.25) is 0 Å². The van der Waals surface area contributed by atoms with E-state index in [1.54, 1.807) is 6.33 Å². The number of nitrogens with one attached hydrogen (secondary N) is 1. The Kier molecular flexibility index (Phi) is 4.53. The maximum Gasteiger partial charge on any atom is 0.148 e. The highest BCUT2D eigenvalue weighted by atomic mass is 79.9. The molecule has 4 nitrogen and oxygen atoms in total. The molecule has 16 heavy (non-hydrogen) atoms. The minimum Gasteiger partial charge on any atom is -0.372 e. The molecule has 0 radical (unpaired) electrons. The van der Waals surface area contributed by atoms with Crippen LogP contribution in [0.3, 0.4) is 0 Å². The molecule has 0 spiro atoms. The Balaban J connectivity index is 3.04. The van der Waals surface area contributed by atoms with Gasteiger partial charge in [-0.15, -0.1) is 0 Å². The van der Waals surface area contributed by atoms with Crippen molar-refractivity contribution in [2.45, 2.75) is 26.8 Å². The Morgan fingerprint density at radius 3 is 2.44 bits per heavy atom. The quantitative estimate of drug-likeness (QED) is 0.924. The second-order valence-corrected chi connectivity index (χ2v) is 5.00. The molecule has 90 valence electrons. The topological polar surface area (TPSA) is 41.1 Å². The van der Waals surface area contributed by atoms with Crippen LogP contribution >= 0.6 is 15.9 Å². The van der Waals surface area contributed by atoms with Gasteiger partial charge in [-0.05, 0) is 28.8 Å². The second kappa shape index (κ2) is 5.48. The van der Waals surface area contributed by atoms with Gasteiger partial charge < -0.3 is 10.2 Å². The molecule has 5 heteroatoms. The first-order valence-corrected chi connectivity index (χ1v) is 6.19. The Morgan fingerprint density at radius 2 is 1.94 bits per heavy atom. The number of halogens is 1. The first-order chi connectivity index (χ1) is 7.49. The number of hydrogen-bond donors (Lipinski definition) is 1. The summed E-state index contributed by atoms with van der Waals surface area (Å²) in [5, 5.41) is 3.03. The van der Waals surface area contributed by atoms with E-state index in [0.29, 0.717) is 12.0 Å². The Hall–Kier alpha value is -0.840. The van der Waals surface area contributed by atoms with Crippen LogP contribution in [0.4, 0.5) is 11.6 Å². The van der Waals surface area contributed by atoms with Gasteiger partial charge in [-0.1, -0.05) is 13.8 Å². The Labute approximate surface area is 106 Å². The van der Waals surface area contributed by atoms with Crippen LogP contribution in [-0.2, 0) is 0 Å². The van der Waals surface area contributed by atoms with Crippen LogP contribution < -0.4 is 10.2 Å². The first kappa shape index (κ1) is 13.2. The third-order valence-corrected chi connectivity index (χ3v) is 3.65. The van der Waals surface area contributed by atoms with Gasteiger partial charge in [0, 0.05) is 20.1 Å². The molecule has 1 aromatic rings. The van der Waals surface area contributed by atoms with Gasteiger partial charge in [-0.2, -0.15) is 0 Å². The van der Waals surface area contributed by atoms with E-state index >= 15 is 0 Å². The largest absolute Gasteiger partial charge is 0.372 e. The molecule has 0 aliphatic carbocycles. The van der Waals surface area contributed by atoms with E-state index in [2.05, 4.69) is 63.9 Å². The summed E-state index contributed by atoms with van der Waals surface area (Å²) in [7, 11) is 3.90. The molecule has 1 heterocycles. The fourth-order valence-corrected chi connectivity index (χ4v) is 2.10. The summed E-state index contributed by atoms with van der Waals surface area (Å²) in [4.78, 5) is 10.6. The minimum absolute atomic E-state index is 0.427. The molecule has 1 N–H and O–H groups in total. The van der Waals surface area contributed by atoms with Crippen molar-refractivity contribution in [1.29, 1.82) is 0 Å². The van der Waals surface area contributed by atoms with Crippen molar-refractivity contribution in [2.24, 2.45) is 5.92 Å². The van der Waals surface area contributed by atoms with E-state index in [0.717, 1.165) is 16.1 Å². The summed E-state index contributed by atoms with van der Waals surface area (Å²) in [5.74, 6) is 2.30. The average molecular weight is 287 g/mol. The molecule has 0 aliphatic heterocycles. The SMILES string of the molecule is CNc1ncnc(N(C)C(C)C(C)C)c1Br. The highest BCUT2D eigenvalue weighted by Gasteiger charge is 2.18. The summed E-state index contributed by atoms with van der Waals surface area (Å²) in [5.41, 5.74) is 0. The maximum absolute atomic E-state index is 4.32. The second-order valence-electron chi connectivity index (χ2n) is 4.21. The van der Waals surface area contributed by atoms with Gasteiger partial charge >= 0.3 is 0 Å². The van der Waals surface area contributed by atoms with E-state index in [1.807, 2.05) is 7.05 Å². The molecule has 1 rings (SSSR count). The molecule has 0 bridgehead atoms. The van der Waals surface area contributed by atoms with Crippen LogP contribution in [0.15, 0.2) is 10.8 Å². The van der Waals surface area contributed by atoms with Crippen LogP contribution in [0.1, 0.15) is 20.8 Å². The lowest BCUT2D eigenvalue weighted by Crippen LogP contribution is -2.34. The summed E-state index contributed by atoms with van der Waals surface area (Å²) >= 11 is 3.53. The molecule has 0 aliphatic rings. The highest BCUT2D eigenvalue weighted by molar-refractivity contribution is 9.10. The van der Waals surface area contributed by atoms with Crippen molar-refractivity contribution < 1.29 is 0 Å². The van der Waals surface area contributed by atoms with Crippen molar-refractivity contribution in [3.8, 4) is 0 Å². The molecule has 0 saturated heterocycles. The van der Waals surface area contributed by atoms with Crippen molar-refractivity contribution in [1.82, 2.24) is 9.97 Å². The summed E-state index contributed by atoms with van der Waals surface area (Å²) < 4.78 is 0.910. The smallest absolute Gasteiger partial charge is 0.148 e. The third kappa shape index (κ3) is 2.64. The van der Waals surface area contributed by atoms with E-state index in [1.165, 1.54) is 0 Å². The zero-order chi connectivity index (χ0) is 12.3. The zero-order valence-corrected chi connectivity index (χ0v) is 12.0. The normalized spacial score (nSPS) is 12.7. The van der Waals surface area contributed by atoms with E-state index in [9.17, 15) is 0 Å². The molecule has 0 saturated carbocycles. The van der Waals surface area contributed by atoms with Crippen LogP contribution in [0.5, 0.6) is 0 Å². The molecule has 1 aromatic heterocycles. The van der Waals surface area contributed by atoms with Crippen molar-refractivity contribution >= 4 is 27.6 Å². The molecule has 0 amide bonds. The van der Waals surface area contributed by atoms with Crippen LogP contribution in [0.2, 0.25) is 0 Å². The summed E-state index contributed by atoms with van der Waals surface area (Å²) in [6.45, 7) is 6.60. The van der Waals surface area contributed by atoms with Gasteiger partial charge in [0.15, 0.2) is 0 Å². The molecule has 0 aromatic carbocycles. The summed E-state index contributed by atoms with van der Waals surface area (Å²) in [6.07, 6.45) is 1.58. The van der Waals surface area contributed by atoms with Gasteiger partial charge in [0.1, 0.15) is 22.4 Å². The number of hydrogen-bond acceptors (Lipinski definition) is 4. The fourth-order valence-electron chi connectivity index (χ4n) is 1.42. The molecule has 0 fully saturated rings. The molecule has 1 unspecified atom stereocenters. The van der Waals surface area contributed by atoms with Gasteiger partial charge in [0.25, 0.3) is 0 Å². The zero-order valence-electron chi connectivity index (χ0n) is 10.5. The number of nitrogens with zero attached hydrogens (tertiary/aromatic N) is 3. The van der Waals surface area contributed by atoms with Gasteiger partial charge in [-0.25, -0.2) is 9.97 Å².